The summed E-state index contributed by atoms with van der Waals surface area (Å²) in [5.41, 5.74) is 0.835. The first-order valence-electron chi connectivity index (χ1n) is 8.87. The second-order valence-corrected chi connectivity index (χ2v) is 8.57. The average molecular weight is 439 g/mol. The molecule has 0 saturated carbocycles. The Bertz CT molecular complexity index is 1140. The number of hydrogen-bond acceptors (Lipinski definition) is 5. The number of imidazole rings is 1. The van der Waals surface area contributed by atoms with E-state index in [-0.39, 0.29) is 4.90 Å². The van der Waals surface area contributed by atoms with Gasteiger partial charge in [-0.1, -0.05) is 12.1 Å². The molecule has 0 saturated heterocycles. The number of nitrogens with zero attached hydrogens (tertiary/aromatic N) is 3. The van der Waals surface area contributed by atoms with Crippen LogP contribution in [0.1, 0.15) is 24.1 Å². The van der Waals surface area contributed by atoms with Crippen LogP contribution in [-0.2, 0) is 23.2 Å². The van der Waals surface area contributed by atoms with Gasteiger partial charge in [-0.3, -0.25) is 0 Å². The molecule has 3 aromatic rings. The summed E-state index contributed by atoms with van der Waals surface area (Å²) < 4.78 is 66.6. The Morgan fingerprint density at radius 2 is 1.80 bits per heavy atom. The van der Waals surface area contributed by atoms with Crippen LogP contribution < -0.4 is 10.0 Å². The molecule has 0 radical (unpaired) electrons. The van der Waals surface area contributed by atoms with Crippen LogP contribution in [0.2, 0.25) is 0 Å². The number of aryl methyl sites for hydroxylation is 1. The number of halogens is 3. The van der Waals surface area contributed by atoms with Crippen LogP contribution in [-0.4, -0.2) is 30.0 Å². The van der Waals surface area contributed by atoms with Gasteiger partial charge in [0.15, 0.2) is 0 Å². The summed E-state index contributed by atoms with van der Waals surface area (Å²) in [4.78, 5) is 8.47. The van der Waals surface area contributed by atoms with Crippen molar-refractivity contribution in [3.8, 4) is 11.3 Å². The number of nitrogens with one attached hydrogen (secondary N) is 2. The van der Waals surface area contributed by atoms with Crippen LogP contribution in [0.15, 0.2) is 53.9 Å². The van der Waals surface area contributed by atoms with E-state index in [1.54, 1.807) is 31.1 Å². The lowest BCUT2D eigenvalue weighted by molar-refractivity contribution is -0.137. The third-order valence-electron chi connectivity index (χ3n) is 4.51. The summed E-state index contributed by atoms with van der Waals surface area (Å²) in [5.74, 6) is 0.358. The van der Waals surface area contributed by atoms with Crippen molar-refractivity contribution in [2.45, 2.75) is 24.0 Å². The highest BCUT2D eigenvalue weighted by atomic mass is 32.2. The van der Waals surface area contributed by atoms with Gasteiger partial charge in [-0.05, 0) is 37.7 Å². The third-order valence-corrected chi connectivity index (χ3v) is 5.90. The Kier molecular flexibility index (Phi) is 5.86. The van der Waals surface area contributed by atoms with Crippen molar-refractivity contribution < 1.29 is 21.6 Å². The number of benzene rings is 1. The molecular formula is C19H20F3N5O2S. The molecule has 30 heavy (non-hydrogen) atoms. The van der Waals surface area contributed by atoms with Gasteiger partial charge in [0.05, 0.1) is 17.6 Å². The molecule has 0 aliphatic heterocycles. The van der Waals surface area contributed by atoms with Crippen LogP contribution in [0.5, 0.6) is 0 Å². The topological polar surface area (TPSA) is 88.9 Å². The minimum absolute atomic E-state index is 0.0293. The lowest BCUT2D eigenvalue weighted by Crippen LogP contribution is -2.19. The van der Waals surface area contributed by atoms with Gasteiger partial charge in [0, 0.05) is 31.0 Å². The minimum atomic E-state index is -4.41. The molecule has 0 aliphatic rings. The van der Waals surface area contributed by atoms with E-state index in [0.29, 0.717) is 22.6 Å². The molecule has 0 amide bonds. The Balaban J connectivity index is 1.96. The quantitative estimate of drug-likeness (QED) is 0.613. The molecule has 3 rings (SSSR count). The van der Waals surface area contributed by atoms with Gasteiger partial charge in [0.1, 0.15) is 10.7 Å². The van der Waals surface area contributed by atoms with Gasteiger partial charge < -0.3 is 9.88 Å². The van der Waals surface area contributed by atoms with E-state index >= 15 is 0 Å². The summed E-state index contributed by atoms with van der Waals surface area (Å²) in [7, 11) is -0.645. The smallest absolute Gasteiger partial charge is 0.363 e. The van der Waals surface area contributed by atoms with Crippen LogP contribution in [0.25, 0.3) is 11.3 Å². The zero-order valence-corrected chi connectivity index (χ0v) is 17.2. The molecule has 0 fully saturated rings. The first-order valence-corrected chi connectivity index (χ1v) is 10.3. The molecule has 7 nitrogen and oxygen atoms in total. The zero-order chi connectivity index (χ0) is 22.1. The summed E-state index contributed by atoms with van der Waals surface area (Å²) in [6.07, 6.45) is 0.0794. The number of sulfonamides is 1. The van der Waals surface area contributed by atoms with E-state index in [1.807, 2.05) is 0 Å². The highest BCUT2D eigenvalue weighted by Crippen LogP contribution is 2.32. The Morgan fingerprint density at radius 3 is 2.33 bits per heavy atom. The molecule has 0 aliphatic carbocycles. The van der Waals surface area contributed by atoms with Gasteiger partial charge in [-0.15, -0.1) is 0 Å². The fourth-order valence-corrected chi connectivity index (χ4v) is 3.52. The first-order chi connectivity index (χ1) is 14.0. The lowest BCUT2D eigenvalue weighted by Gasteiger charge is -2.18. The van der Waals surface area contributed by atoms with E-state index in [4.69, 9.17) is 0 Å². The number of aromatic nitrogens is 3. The second kappa shape index (κ2) is 8.07. The summed E-state index contributed by atoms with van der Waals surface area (Å²) in [6, 6.07) is 5.87. The molecule has 160 valence electrons. The van der Waals surface area contributed by atoms with Gasteiger partial charge in [-0.2, -0.15) is 13.2 Å². The van der Waals surface area contributed by atoms with E-state index in [0.717, 1.165) is 12.1 Å². The van der Waals surface area contributed by atoms with E-state index in [1.165, 1.54) is 31.4 Å². The molecule has 11 heteroatoms. The van der Waals surface area contributed by atoms with Crippen molar-refractivity contribution in [2.75, 3.05) is 12.4 Å². The highest BCUT2D eigenvalue weighted by Gasteiger charge is 2.30. The fraction of sp³-hybridized carbons (Fsp3) is 0.263. The van der Waals surface area contributed by atoms with Crippen LogP contribution in [0, 0.1) is 0 Å². The van der Waals surface area contributed by atoms with Gasteiger partial charge in [0.25, 0.3) is 0 Å². The maximum Gasteiger partial charge on any atom is 0.416 e. The van der Waals surface area contributed by atoms with Crippen molar-refractivity contribution in [1.29, 1.82) is 0 Å². The van der Waals surface area contributed by atoms with Crippen LogP contribution in [0.3, 0.4) is 0 Å². The first kappa shape index (κ1) is 21.8. The molecule has 2 heterocycles. The maximum atomic E-state index is 12.8. The third kappa shape index (κ3) is 4.62. The van der Waals surface area contributed by atoms with Gasteiger partial charge in [0.2, 0.25) is 10.0 Å². The van der Waals surface area contributed by atoms with Crippen molar-refractivity contribution >= 4 is 15.8 Å². The van der Waals surface area contributed by atoms with Gasteiger partial charge >= 0.3 is 6.18 Å². The Morgan fingerprint density at radius 1 is 1.13 bits per heavy atom. The molecule has 1 atom stereocenters. The molecule has 1 aromatic carbocycles. The monoisotopic (exact) mass is 439 g/mol. The van der Waals surface area contributed by atoms with Crippen LogP contribution >= 0.6 is 0 Å². The predicted octanol–water partition coefficient (Wildman–Crippen LogP) is 3.58. The fourth-order valence-electron chi connectivity index (χ4n) is 2.82. The minimum Gasteiger partial charge on any atom is -0.363 e. The van der Waals surface area contributed by atoms with Crippen molar-refractivity contribution in [2.24, 2.45) is 7.05 Å². The second-order valence-electron chi connectivity index (χ2n) is 6.68. The lowest BCUT2D eigenvalue weighted by atomic mass is 10.1. The van der Waals surface area contributed by atoms with Gasteiger partial charge in [-0.25, -0.2) is 23.1 Å². The van der Waals surface area contributed by atoms with Crippen molar-refractivity contribution in [3.05, 3.63) is 60.2 Å². The number of pyridine rings is 1. The Hall–Kier alpha value is -2.92. The molecule has 0 unspecified atom stereocenters. The normalized spacial score (nSPS) is 13.3. The largest absolute Gasteiger partial charge is 0.416 e. The number of rotatable bonds is 6. The Labute approximate surface area is 172 Å². The molecule has 2 N–H and O–H groups in total. The standard InChI is InChI=1S/C19H20F3N5O2S/c1-12(13-4-6-14(7-5-13)19(20,21)22)26-18-16(17-10-27(3)11-25-17)8-15(9-24-18)30(28,29)23-2/h4-12,23H,1-3H3,(H,24,26)/t12-/m0/s1. The average Bonchev–Trinajstić information content (AvgIpc) is 3.13. The van der Waals surface area contributed by atoms with Crippen molar-refractivity contribution in [1.82, 2.24) is 19.3 Å². The highest BCUT2D eigenvalue weighted by molar-refractivity contribution is 7.89. The van der Waals surface area contributed by atoms with E-state index < -0.39 is 27.8 Å². The van der Waals surface area contributed by atoms with E-state index in [2.05, 4.69) is 20.0 Å². The molecule has 2 aromatic heterocycles. The number of anilines is 1. The van der Waals surface area contributed by atoms with Crippen molar-refractivity contribution in [3.63, 3.8) is 0 Å². The van der Waals surface area contributed by atoms with Crippen LogP contribution in [0.4, 0.5) is 19.0 Å². The molecular weight excluding hydrogens is 419 g/mol. The SMILES string of the molecule is CNS(=O)(=O)c1cnc(N[C@@H](C)c2ccc(C(F)(F)F)cc2)c(-c2cn(C)cn2)c1. The predicted molar refractivity (Wildman–Crippen MR) is 106 cm³/mol. The van der Waals surface area contributed by atoms with E-state index in [9.17, 15) is 21.6 Å². The molecule has 0 bridgehead atoms. The summed E-state index contributed by atoms with van der Waals surface area (Å²) in [6.45, 7) is 1.77. The zero-order valence-electron chi connectivity index (χ0n) is 16.4. The number of hydrogen-bond donors (Lipinski definition) is 2. The summed E-state index contributed by atoms with van der Waals surface area (Å²) >= 11 is 0. The maximum absolute atomic E-state index is 12.8. The summed E-state index contributed by atoms with van der Waals surface area (Å²) in [5, 5.41) is 3.13. The number of alkyl halides is 3. The molecule has 0 spiro atoms.